The maximum absolute atomic E-state index is 5.86. The fourth-order valence-electron chi connectivity index (χ4n) is 2.94. The summed E-state index contributed by atoms with van der Waals surface area (Å²) in [4.78, 5) is 2.53. The number of hydrogen-bond donors (Lipinski definition) is 1. The lowest BCUT2D eigenvalue weighted by atomic mass is 10.1. The third-order valence-electron chi connectivity index (χ3n) is 4.31. The van der Waals surface area contributed by atoms with Gasteiger partial charge in [-0.15, -0.1) is 0 Å². The molecule has 1 heterocycles. The quantitative estimate of drug-likeness (QED) is 0.793. The van der Waals surface area contributed by atoms with Gasteiger partial charge in [-0.05, 0) is 42.6 Å². The number of nitrogens with zero attached hydrogens (tertiary/aromatic N) is 1. The SMILES string of the molecule is c1ccc(-c2ccc(OCCCCN3CCNCC3)cc2)cc1. The summed E-state index contributed by atoms with van der Waals surface area (Å²) in [5.74, 6) is 0.965. The molecule has 1 N–H and O–H groups in total. The van der Waals surface area contributed by atoms with Crippen molar-refractivity contribution in [1.82, 2.24) is 10.2 Å². The standard InChI is InChI=1S/C20H26N2O/c1-2-6-18(7-3-1)19-8-10-20(11-9-19)23-17-5-4-14-22-15-12-21-13-16-22/h1-3,6-11,21H,4-5,12-17H2. The Balaban J connectivity index is 1.37. The fourth-order valence-corrected chi connectivity index (χ4v) is 2.94. The van der Waals surface area contributed by atoms with Crippen LogP contribution in [0.1, 0.15) is 12.8 Å². The van der Waals surface area contributed by atoms with Gasteiger partial charge in [0.1, 0.15) is 5.75 Å². The lowest BCUT2D eigenvalue weighted by molar-refractivity contribution is 0.226. The van der Waals surface area contributed by atoms with E-state index in [1.807, 2.05) is 6.07 Å². The van der Waals surface area contributed by atoms with Crippen molar-refractivity contribution in [2.24, 2.45) is 0 Å². The van der Waals surface area contributed by atoms with Gasteiger partial charge >= 0.3 is 0 Å². The lowest BCUT2D eigenvalue weighted by Crippen LogP contribution is -2.43. The Morgan fingerprint density at radius 1 is 0.826 bits per heavy atom. The van der Waals surface area contributed by atoms with Crippen LogP contribution in [0.3, 0.4) is 0 Å². The molecule has 0 saturated carbocycles. The van der Waals surface area contributed by atoms with Crippen molar-refractivity contribution >= 4 is 0 Å². The van der Waals surface area contributed by atoms with E-state index in [1.165, 1.54) is 37.2 Å². The summed E-state index contributed by atoms with van der Waals surface area (Å²) in [6.07, 6.45) is 2.33. The van der Waals surface area contributed by atoms with E-state index in [1.54, 1.807) is 0 Å². The van der Waals surface area contributed by atoms with Gasteiger partial charge in [-0.25, -0.2) is 0 Å². The van der Waals surface area contributed by atoms with Crippen molar-refractivity contribution in [3.8, 4) is 16.9 Å². The first-order valence-corrected chi connectivity index (χ1v) is 8.63. The van der Waals surface area contributed by atoms with Gasteiger partial charge in [0.15, 0.2) is 0 Å². The van der Waals surface area contributed by atoms with Crippen molar-refractivity contribution in [2.45, 2.75) is 12.8 Å². The monoisotopic (exact) mass is 310 g/mol. The number of nitrogens with one attached hydrogen (secondary N) is 1. The van der Waals surface area contributed by atoms with Gasteiger partial charge in [-0.3, -0.25) is 0 Å². The normalized spacial score (nSPS) is 15.5. The van der Waals surface area contributed by atoms with Crippen LogP contribution in [0.25, 0.3) is 11.1 Å². The molecule has 0 radical (unpaired) electrons. The number of unbranched alkanes of at least 4 members (excludes halogenated alkanes) is 1. The van der Waals surface area contributed by atoms with Crippen LogP contribution < -0.4 is 10.1 Å². The molecule has 3 nitrogen and oxygen atoms in total. The molecule has 2 aromatic rings. The Bertz CT molecular complexity index is 562. The molecule has 2 aromatic carbocycles. The Kier molecular flexibility index (Phi) is 6.07. The minimum atomic E-state index is 0.802. The highest BCUT2D eigenvalue weighted by molar-refractivity contribution is 5.63. The number of benzene rings is 2. The molecule has 1 aliphatic rings. The topological polar surface area (TPSA) is 24.5 Å². The fraction of sp³-hybridized carbons (Fsp3) is 0.400. The van der Waals surface area contributed by atoms with E-state index in [0.29, 0.717) is 0 Å². The van der Waals surface area contributed by atoms with Gasteiger partial charge in [0, 0.05) is 26.2 Å². The lowest BCUT2D eigenvalue weighted by Gasteiger charge is -2.26. The smallest absolute Gasteiger partial charge is 0.119 e. The largest absolute Gasteiger partial charge is 0.494 e. The van der Waals surface area contributed by atoms with Gasteiger partial charge in [0.2, 0.25) is 0 Å². The molecule has 3 rings (SSSR count). The zero-order valence-electron chi connectivity index (χ0n) is 13.7. The van der Waals surface area contributed by atoms with Gasteiger partial charge in [0.25, 0.3) is 0 Å². The van der Waals surface area contributed by atoms with E-state index in [2.05, 4.69) is 58.7 Å². The Hall–Kier alpha value is -1.84. The average Bonchev–Trinajstić information content (AvgIpc) is 2.64. The van der Waals surface area contributed by atoms with Gasteiger partial charge in [-0.1, -0.05) is 42.5 Å². The molecule has 0 unspecified atom stereocenters. The molecule has 23 heavy (non-hydrogen) atoms. The van der Waals surface area contributed by atoms with Crippen LogP contribution >= 0.6 is 0 Å². The highest BCUT2D eigenvalue weighted by Crippen LogP contribution is 2.22. The average molecular weight is 310 g/mol. The van der Waals surface area contributed by atoms with E-state index in [-0.39, 0.29) is 0 Å². The molecular weight excluding hydrogens is 284 g/mol. The molecule has 0 aromatic heterocycles. The van der Waals surface area contributed by atoms with Crippen molar-refractivity contribution in [3.05, 3.63) is 54.6 Å². The molecule has 122 valence electrons. The van der Waals surface area contributed by atoms with Crippen molar-refractivity contribution in [3.63, 3.8) is 0 Å². The zero-order chi connectivity index (χ0) is 15.7. The third-order valence-corrected chi connectivity index (χ3v) is 4.31. The molecule has 1 fully saturated rings. The molecule has 3 heteroatoms. The maximum atomic E-state index is 5.86. The van der Waals surface area contributed by atoms with Crippen LogP contribution in [0.15, 0.2) is 54.6 Å². The van der Waals surface area contributed by atoms with Gasteiger partial charge < -0.3 is 15.0 Å². The molecule has 0 spiro atoms. The zero-order valence-corrected chi connectivity index (χ0v) is 13.7. The summed E-state index contributed by atoms with van der Waals surface area (Å²) in [5, 5.41) is 3.39. The van der Waals surface area contributed by atoms with Crippen LogP contribution in [0.2, 0.25) is 0 Å². The first-order chi connectivity index (χ1) is 11.4. The van der Waals surface area contributed by atoms with Crippen molar-refractivity contribution < 1.29 is 4.74 Å². The third kappa shape index (κ3) is 5.08. The van der Waals surface area contributed by atoms with E-state index in [0.717, 1.165) is 31.9 Å². The van der Waals surface area contributed by atoms with E-state index < -0.39 is 0 Å². The second-order valence-corrected chi connectivity index (χ2v) is 6.04. The predicted molar refractivity (Wildman–Crippen MR) is 95.9 cm³/mol. The van der Waals surface area contributed by atoms with Gasteiger partial charge in [-0.2, -0.15) is 0 Å². The molecule has 0 aliphatic carbocycles. The van der Waals surface area contributed by atoms with Gasteiger partial charge in [0.05, 0.1) is 6.61 Å². The molecule has 1 saturated heterocycles. The molecule has 0 bridgehead atoms. The van der Waals surface area contributed by atoms with Crippen molar-refractivity contribution in [2.75, 3.05) is 39.3 Å². The number of ether oxygens (including phenoxy) is 1. The maximum Gasteiger partial charge on any atom is 0.119 e. The highest BCUT2D eigenvalue weighted by Gasteiger charge is 2.08. The minimum Gasteiger partial charge on any atom is -0.494 e. The number of rotatable bonds is 7. The summed E-state index contributed by atoms with van der Waals surface area (Å²) in [7, 11) is 0. The minimum absolute atomic E-state index is 0.802. The second-order valence-electron chi connectivity index (χ2n) is 6.04. The van der Waals surface area contributed by atoms with E-state index in [9.17, 15) is 0 Å². The van der Waals surface area contributed by atoms with Crippen LogP contribution in [0, 0.1) is 0 Å². The summed E-state index contributed by atoms with van der Waals surface area (Å²) in [5.41, 5.74) is 2.48. The summed E-state index contributed by atoms with van der Waals surface area (Å²) >= 11 is 0. The molecule has 1 aliphatic heterocycles. The Morgan fingerprint density at radius 2 is 1.52 bits per heavy atom. The van der Waals surface area contributed by atoms with E-state index >= 15 is 0 Å². The van der Waals surface area contributed by atoms with Crippen molar-refractivity contribution in [1.29, 1.82) is 0 Å². The first kappa shape index (κ1) is 16.0. The van der Waals surface area contributed by atoms with Crippen LogP contribution in [-0.2, 0) is 0 Å². The number of piperazine rings is 1. The second kappa shape index (κ2) is 8.70. The highest BCUT2D eigenvalue weighted by atomic mass is 16.5. The molecule has 0 atom stereocenters. The Labute approximate surface area is 139 Å². The Morgan fingerprint density at radius 3 is 2.26 bits per heavy atom. The summed E-state index contributed by atoms with van der Waals surface area (Å²) in [6, 6.07) is 18.8. The summed E-state index contributed by atoms with van der Waals surface area (Å²) in [6.45, 7) is 6.62. The predicted octanol–water partition coefficient (Wildman–Crippen LogP) is 3.42. The van der Waals surface area contributed by atoms with Crippen LogP contribution in [0.5, 0.6) is 5.75 Å². The number of hydrogen-bond acceptors (Lipinski definition) is 3. The van der Waals surface area contributed by atoms with Crippen LogP contribution in [-0.4, -0.2) is 44.2 Å². The summed E-state index contributed by atoms with van der Waals surface area (Å²) < 4.78 is 5.86. The molecule has 0 amide bonds. The first-order valence-electron chi connectivity index (χ1n) is 8.63. The van der Waals surface area contributed by atoms with E-state index in [4.69, 9.17) is 4.74 Å². The molecular formula is C20H26N2O. The van der Waals surface area contributed by atoms with Crippen LogP contribution in [0.4, 0.5) is 0 Å².